The molecule has 0 saturated carbocycles. The Balaban J connectivity index is 1.58. The molecule has 4 rings (SSSR count). The molecule has 3 amide bonds. The first-order chi connectivity index (χ1) is 16.4. The Kier molecular flexibility index (Phi) is 7.49. The summed E-state index contributed by atoms with van der Waals surface area (Å²) < 4.78 is 0. The van der Waals surface area contributed by atoms with Crippen LogP contribution in [0, 0.1) is 0 Å². The summed E-state index contributed by atoms with van der Waals surface area (Å²) in [5.41, 5.74) is 3.83. The summed E-state index contributed by atoms with van der Waals surface area (Å²) in [4.78, 5) is 33.8. The highest BCUT2D eigenvalue weighted by Gasteiger charge is 2.31. The highest BCUT2D eigenvalue weighted by Crippen LogP contribution is 2.28. The number of amides is 3. The second-order valence-corrected chi connectivity index (χ2v) is 9.17. The maximum Gasteiger partial charge on any atom is 0.318 e. The summed E-state index contributed by atoms with van der Waals surface area (Å²) in [7, 11) is 4.02. The average molecular weight is 463 g/mol. The molecule has 1 aromatic heterocycles. The van der Waals surface area contributed by atoms with Crippen molar-refractivity contribution >= 4 is 28.5 Å². The number of benzene rings is 2. The van der Waals surface area contributed by atoms with Crippen LogP contribution in [0.1, 0.15) is 24.0 Å². The van der Waals surface area contributed by atoms with Crippen LogP contribution in [-0.4, -0.2) is 73.0 Å². The minimum Gasteiger partial charge on any atom is -0.361 e. The second-order valence-electron chi connectivity index (χ2n) is 9.17. The molecule has 1 saturated heterocycles. The van der Waals surface area contributed by atoms with Crippen molar-refractivity contribution < 1.29 is 9.59 Å². The number of carbonyl (C=O) groups excluding carboxylic acids is 2. The maximum absolute atomic E-state index is 13.6. The zero-order valence-corrected chi connectivity index (χ0v) is 20.1. The van der Waals surface area contributed by atoms with Gasteiger partial charge in [-0.1, -0.05) is 37.3 Å². The van der Waals surface area contributed by atoms with E-state index in [0.29, 0.717) is 13.1 Å². The third kappa shape index (κ3) is 5.58. The van der Waals surface area contributed by atoms with Crippen molar-refractivity contribution in [2.24, 2.45) is 0 Å². The predicted molar refractivity (Wildman–Crippen MR) is 136 cm³/mol. The molecule has 1 aliphatic rings. The van der Waals surface area contributed by atoms with Crippen LogP contribution in [-0.2, 0) is 11.3 Å². The lowest BCUT2D eigenvalue weighted by Crippen LogP contribution is -2.55. The number of hydrogen-bond donors (Lipinski definition) is 4. The van der Waals surface area contributed by atoms with Gasteiger partial charge in [0.05, 0.1) is 0 Å². The maximum atomic E-state index is 13.6. The van der Waals surface area contributed by atoms with Gasteiger partial charge in [-0.25, -0.2) is 4.79 Å². The van der Waals surface area contributed by atoms with Crippen molar-refractivity contribution in [3.05, 3.63) is 65.9 Å². The molecule has 2 atom stereocenters. The molecule has 180 valence electrons. The Morgan fingerprint density at radius 2 is 1.85 bits per heavy atom. The van der Waals surface area contributed by atoms with Crippen LogP contribution >= 0.6 is 0 Å². The quantitative estimate of drug-likeness (QED) is 0.434. The van der Waals surface area contributed by atoms with Crippen LogP contribution in [0.4, 0.5) is 10.5 Å². The Labute approximate surface area is 200 Å². The van der Waals surface area contributed by atoms with Crippen molar-refractivity contribution in [3.63, 3.8) is 0 Å². The van der Waals surface area contributed by atoms with Crippen LogP contribution in [0.25, 0.3) is 10.9 Å². The lowest BCUT2D eigenvalue weighted by molar-refractivity contribution is -0.118. The van der Waals surface area contributed by atoms with Crippen LogP contribution < -0.4 is 16.0 Å². The van der Waals surface area contributed by atoms with E-state index in [4.69, 9.17) is 0 Å². The molecular formula is C26H34N6O2. The molecule has 1 aliphatic heterocycles. The van der Waals surface area contributed by atoms with E-state index in [9.17, 15) is 9.59 Å². The molecular weight excluding hydrogens is 428 g/mol. The van der Waals surface area contributed by atoms with Gasteiger partial charge in [-0.3, -0.25) is 4.79 Å². The number of fused-ring (bicyclic) bond motifs is 1. The molecule has 8 nitrogen and oxygen atoms in total. The van der Waals surface area contributed by atoms with E-state index in [0.717, 1.165) is 47.4 Å². The van der Waals surface area contributed by atoms with Gasteiger partial charge < -0.3 is 30.7 Å². The molecule has 3 aromatic rings. The van der Waals surface area contributed by atoms with E-state index in [1.807, 2.05) is 75.7 Å². The number of nitrogens with zero attached hydrogens (tertiary/aromatic N) is 2. The minimum absolute atomic E-state index is 0.213. The third-order valence-corrected chi connectivity index (χ3v) is 6.27. The fourth-order valence-electron chi connectivity index (χ4n) is 4.49. The first kappa shape index (κ1) is 23.8. The van der Waals surface area contributed by atoms with E-state index in [-0.39, 0.29) is 17.9 Å². The molecule has 34 heavy (non-hydrogen) atoms. The summed E-state index contributed by atoms with van der Waals surface area (Å²) in [6.07, 6.45) is 1.93. The minimum atomic E-state index is -0.737. The molecule has 0 aliphatic carbocycles. The van der Waals surface area contributed by atoms with Crippen LogP contribution in [0.2, 0.25) is 0 Å². The average Bonchev–Trinajstić information content (AvgIpc) is 3.26. The summed E-state index contributed by atoms with van der Waals surface area (Å²) in [6.45, 7) is 5.50. The fourth-order valence-corrected chi connectivity index (χ4v) is 4.49. The summed E-state index contributed by atoms with van der Waals surface area (Å²) in [5.74, 6) is -0.476. The van der Waals surface area contributed by atoms with Crippen molar-refractivity contribution in [1.82, 2.24) is 25.4 Å². The topological polar surface area (TPSA) is 92.5 Å². The zero-order chi connectivity index (χ0) is 24.1. The number of anilines is 1. The molecule has 0 unspecified atom stereocenters. The van der Waals surface area contributed by atoms with Gasteiger partial charge in [-0.05, 0) is 43.4 Å². The van der Waals surface area contributed by atoms with E-state index in [1.54, 1.807) is 4.90 Å². The van der Waals surface area contributed by atoms with Crippen LogP contribution in [0.3, 0.4) is 0 Å². The number of para-hydroxylation sites is 1. The third-order valence-electron chi connectivity index (χ3n) is 6.27. The highest BCUT2D eigenvalue weighted by atomic mass is 16.2. The van der Waals surface area contributed by atoms with E-state index >= 15 is 0 Å². The van der Waals surface area contributed by atoms with Crippen molar-refractivity contribution in [2.45, 2.75) is 25.4 Å². The van der Waals surface area contributed by atoms with Crippen molar-refractivity contribution in [3.8, 4) is 0 Å². The van der Waals surface area contributed by atoms with Gasteiger partial charge in [-0.15, -0.1) is 0 Å². The first-order valence-corrected chi connectivity index (χ1v) is 11.8. The fraction of sp³-hybridized carbons (Fsp3) is 0.385. The smallest absolute Gasteiger partial charge is 0.318 e. The van der Waals surface area contributed by atoms with Gasteiger partial charge in [0, 0.05) is 61.4 Å². The first-order valence-electron chi connectivity index (χ1n) is 11.8. The molecule has 2 heterocycles. The summed E-state index contributed by atoms with van der Waals surface area (Å²) >= 11 is 0. The lowest BCUT2D eigenvalue weighted by atomic mass is 9.92. The van der Waals surface area contributed by atoms with Gasteiger partial charge in [0.15, 0.2) is 0 Å². The molecule has 2 aromatic carbocycles. The number of aromatic amines is 1. The van der Waals surface area contributed by atoms with Gasteiger partial charge in [0.1, 0.15) is 6.04 Å². The van der Waals surface area contributed by atoms with Crippen molar-refractivity contribution in [1.29, 1.82) is 0 Å². The zero-order valence-electron chi connectivity index (χ0n) is 20.1. The molecule has 4 N–H and O–H groups in total. The van der Waals surface area contributed by atoms with Crippen LogP contribution in [0.15, 0.2) is 54.7 Å². The predicted octanol–water partition coefficient (Wildman–Crippen LogP) is 2.96. The number of hydrogen-bond acceptors (Lipinski definition) is 4. The Bertz CT molecular complexity index is 1140. The largest absolute Gasteiger partial charge is 0.361 e. The number of carbonyl (C=O) groups is 2. The number of nitrogens with one attached hydrogen (secondary N) is 4. The number of piperazine rings is 1. The van der Waals surface area contributed by atoms with E-state index in [2.05, 4.69) is 25.8 Å². The number of urea groups is 1. The Morgan fingerprint density at radius 1 is 1.09 bits per heavy atom. The number of aromatic nitrogens is 1. The van der Waals surface area contributed by atoms with Gasteiger partial charge in [0.2, 0.25) is 5.91 Å². The normalized spacial score (nSPS) is 15.8. The molecule has 0 bridgehead atoms. The number of H-pyrrole nitrogens is 1. The molecule has 1 fully saturated rings. The second kappa shape index (κ2) is 10.7. The lowest BCUT2D eigenvalue weighted by Gasteiger charge is -2.31. The van der Waals surface area contributed by atoms with Gasteiger partial charge in [-0.2, -0.15) is 0 Å². The van der Waals surface area contributed by atoms with Gasteiger partial charge >= 0.3 is 6.03 Å². The monoisotopic (exact) mass is 462 g/mol. The van der Waals surface area contributed by atoms with E-state index in [1.165, 1.54) is 0 Å². The standard InChI is InChI=1S/C26H34N6O2/c1-18(22-16-28-23-10-5-4-9-21(22)23)24(30-26(34)32-13-11-27-12-14-32)25(33)29-20-8-6-7-19(15-20)17-31(2)3/h4-10,15-16,18,24,27-28H,11-14,17H2,1-3H3,(H,29,33)(H,30,34)/t18-,24+/m0/s1. The SMILES string of the molecule is C[C@@H](c1c[nH]c2ccccc12)[C@@H](NC(=O)N1CCNCC1)C(=O)Nc1cccc(CN(C)C)c1. The molecule has 8 heteroatoms. The highest BCUT2D eigenvalue weighted by molar-refractivity contribution is 5.98. The van der Waals surface area contributed by atoms with Gasteiger partial charge in [0.25, 0.3) is 0 Å². The van der Waals surface area contributed by atoms with E-state index < -0.39 is 6.04 Å². The summed E-state index contributed by atoms with van der Waals surface area (Å²) in [5, 5.41) is 10.4. The Morgan fingerprint density at radius 3 is 2.62 bits per heavy atom. The van der Waals surface area contributed by atoms with Crippen molar-refractivity contribution in [2.75, 3.05) is 45.6 Å². The molecule has 0 radical (unpaired) electrons. The Hall–Kier alpha value is -3.36. The summed E-state index contributed by atoms with van der Waals surface area (Å²) in [6, 6.07) is 14.9. The molecule has 0 spiro atoms. The number of rotatable bonds is 7. The van der Waals surface area contributed by atoms with Crippen LogP contribution in [0.5, 0.6) is 0 Å².